The van der Waals surface area contributed by atoms with Gasteiger partial charge in [-0.3, -0.25) is 9.78 Å². The van der Waals surface area contributed by atoms with Gasteiger partial charge in [0.15, 0.2) is 5.82 Å². The molecule has 3 aromatic rings. The van der Waals surface area contributed by atoms with Crippen LogP contribution in [0.25, 0.3) is 22.0 Å². The molecule has 1 aromatic carbocycles. The van der Waals surface area contributed by atoms with Crippen molar-refractivity contribution in [3.05, 3.63) is 48.5 Å². The zero-order chi connectivity index (χ0) is 22.8. The maximum atomic E-state index is 14.3. The summed E-state index contributed by atoms with van der Waals surface area (Å²) in [5, 5.41) is 0.842. The second-order valence-corrected chi connectivity index (χ2v) is 8.45. The van der Waals surface area contributed by atoms with Crippen LogP contribution >= 0.6 is 0 Å². The maximum Gasteiger partial charge on any atom is 0.250 e. The molecule has 0 aliphatic carbocycles. The second-order valence-electron chi connectivity index (χ2n) is 8.45. The summed E-state index contributed by atoms with van der Waals surface area (Å²) in [4.78, 5) is 23.2. The molecule has 33 heavy (non-hydrogen) atoms. The maximum absolute atomic E-state index is 14.3. The summed E-state index contributed by atoms with van der Waals surface area (Å²) in [5.74, 6) is 0.410. The van der Waals surface area contributed by atoms with Gasteiger partial charge in [-0.1, -0.05) is 0 Å². The van der Waals surface area contributed by atoms with Crippen molar-refractivity contribution in [2.45, 2.75) is 25.4 Å². The van der Waals surface area contributed by atoms with E-state index in [-0.39, 0.29) is 23.8 Å². The molecule has 1 unspecified atom stereocenters. The predicted molar refractivity (Wildman–Crippen MR) is 121 cm³/mol. The van der Waals surface area contributed by atoms with Gasteiger partial charge in [0.25, 0.3) is 0 Å². The van der Waals surface area contributed by atoms with E-state index in [4.69, 9.17) is 14.2 Å². The Hall–Kier alpha value is -3.26. The molecule has 0 saturated carbocycles. The van der Waals surface area contributed by atoms with E-state index in [1.54, 1.807) is 12.4 Å². The van der Waals surface area contributed by atoms with E-state index < -0.39 is 5.82 Å². The fraction of sp³-hybridized carbons (Fsp3) is 0.400. The number of carbonyl (C=O) groups is 1. The van der Waals surface area contributed by atoms with Crippen molar-refractivity contribution in [3.63, 3.8) is 0 Å². The number of fused-ring (bicyclic) bond motifs is 1. The van der Waals surface area contributed by atoms with Crippen LogP contribution in [0.2, 0.25) is 0 Å². The SMILES string of the molecule is COc1ncc(-c2ccnc3ccc(OC4CCN(C(=O)C5CCOCC5)C4)cc23)cc1F. The van der Waals surface area contributed by atoms with Crippen LogP contribution in [0.5, 0.6) is 11.6 Å². The highest BCUT2D eigenvalue weighted by Crippen LogP contribution is 2.32. The molecule has 2 aliphatic heterocycles. The fourth-order valence-electron chi connectivity index (χ4n) is 4.59. The molecule has 1 amide bonds. The number of pyridine rings is 2. The molecule has 0 radical (unpaired) electrons. The van der Waals surface area contributed by atoms with Gasteiger partial charge in [0.1, 0.15) is 11.9 Å². The second kappa shape index (κ2) is 9.31. The van der Waals surface area contributed by atoms with Crippen LogP contribution in [0.15, 0.2) is 42.7 Å². The molecule has 172 valence electrons. The van der Waals surface area contributed by atoms with Crippen molar-refractivity contribution in [2.24, 2.45) is 5.92 Å². The summed E-state index contributed by atoms with van der Waals surface area (Å²) in [6.07, 6.45) is 5.59. The Balaban J connectivity index is 1.34. The largest absolute Gasteiger partial charge is 0.488 e. The zero-order valence-electron chi connectivity index (χ0n) is 18.5. The smallest absolute Gasteiger partial charge is 0.250 e. The Kier molecular flexibility index (Phi) is 6.09. The minimum Gasteiger partial charge on any atom is -0.488 e. The zero-order valence-corrected chi connectivity index (χ0v) is 18.5. The number of aromatic nitrogens is 2. The Bertz CT molecular complexity index is 1170. The van der Waals surface area contributed by atoms with Crippen molar-refractivity contribution in [3.8, 4) is 22.8 Å². The average Bonchev–Trinajstić information content (AvgIpc) is 3.32. The van der Waals surface area contributed by atoms with E-state index in [1.165, 1.54) is 13.2 Å². The van der Waals surface area contributed by atoms with Gasteiger partial charge in [-0.2, -0.15) is 0 Å². The van der Waals surface area contributed by atoms with Gasteiger partial charge in [0.2, 0.25) is 11.8 Å². The number of amides is 1. The number of nitrogens with zero attached hydrogens (tertiary/aromatic N) is 3. The summed E-state index contributed by atoms with van der Waals surface area (Å²) in [5.41, 5.74) is 2.22. The topological polar surface area (TPSA) is 73.8 Å². The first-order valence-electron chi connectivity index (χ1n) is 11.2. The highest BCUT2D eigenvalue weighted by atomic mass is 19.1. The van der Waals surface area contributed by atoms with Crippen LogP contribution in [0, 0.1) is 11.7 Å². The molecule has 2 fully saturated rings. The number of benzene rings is 1. The van der Waals surface area contributed by atoms with Crippen LogP contribution in [-0.2, 0) is 9.53 Å². The molecule has 1 atom stereocenters. The van der Waals surface area contributed by atoms with Crippen molar-refractivity contribution >= 4 is 16.8 Å². The third kappa shape index (κ3) is 4.48. The van der Waals surface area contributed by atoms with Gasteiger partial charge in [-0.05, 0) is 48.7 Å². The number of hydrogen-bond donors (Lipinski definition) is 0. The number of rotatable bonds is 5. The molecule has 2 aromatic heterocycles. The van der Waals surface area contributed by atoms with Crippen LogP contribution in [-0.4, -0.2) is 60.3 Å². The van der Waals surface area contributed by atoms with E-state index in [0.717, 1.165) is 35.7 Å². The van der Waals surface area contributed by atoms with Crippen molar-refractivity contribution < 1.29 is 23.4 Å². The Labute approximate surface area is 191 Å². The third-order valence-electron chi connectivity index (χ3n) is 6.35. The fourth-order valence-corrected chi connectivity index (χ4v) is 4.59. The molecule has 0 spiro atoms. The molecule has 8 heteroatoms. The van der Waals surface area contributed by atoms with Crippen LogP contribution in [0.1, 0.15) is 19.3 Å². The third-order valence-corrected chi connectivity index (χ3v) is 6.35. The average molecular weight is 451 g/mol. The number of likely N-dealkylation sites (tertiary alicyclic amines) is 1. The molecule has 2 saturated heterocycles. The lowest BCUT2D eigenvalue weighted by atomic mass is 9.99. The standard InChI is InChI=1S/C25H26FN3O4/c1-31-24-22(26)12-17(14-28-24)20-4-8-27-23-3-2-18(13-21(20)23)33-19-5-9-29(15-19)25(30)16-6-10-32-11-7-16/h2-4,8,12-14,16,19H,5-7,9-11,15H2,1H3. The van der Waals surface area contributed by atoms with Gasteiger partial charge >= 0.3 is 0 Å². The molecule has 0 N–H and O–H groups in total. The lowest BCUT2D eigenvalue weighted by molar-refractivity contribution is -0.137. The van der Waals surface area contributed by atoms with Gasteiger partial charge < -0.3 is 19.1 Å². The van der Waals surface area contributed by atoms with E-state index in [0.29, 0.717) is 37.6 Å². The van der Waals surface area contributed by atoms with Gasteiger partial charge in [-0.25, -0.2) is 9.37 Å². The summed E-state index contributed by atoms with van der Waals surface area (Å²) in [6, 6.07) is 8.93. The number of halogens is 1. The highest BCUT2D eigenvalue weighted by Gasteiger charge is 2.32. The molecule has 2 aliphatic rings. The molecule has 5 rings (SSSR count). The summed E-state index contributed by atoms with van der Waals surface area (Å²) in [7, 11) is 1.39. The van der Waals surface area contributed by atoms with E-state index in [9.17, 15) is 9.18 Å². The summed E-state index contributed by atoms with van der Waals surface area (Å²) >= 11 is 0. The first kappa shape index (κ1) is 21.6. The van der Waals surface area contributed by atoms with E-state index in [1.807, 2.05) is 29.2 Å². The monoisotopic (exact) mass is 451 g/mol. The number of carbonyl (C=O) groups excluding carboxylic acids is 1. The molecule has 0 bridgehead atoms. The summed E-state index contributed by atoms with van der Waals surface area (Å²) in [6.45, 7) is 2.61. The molecular weight excluding hydrogens is 425 g/mol. The lowest BCUT2D eigenvalue weighted by Crippen LogP contribution is -2.38. The van der Waals surface area contributed by atoms with Gasteiger partial charge in [0.05, 0.1) is 19.2 Å². The lowest BCUT2D eigenvalue weighted by Gasteiger charge is -2.26. The van der Waals surface area contributed by atoms with Crippen molar-refractivity contribution in [2.75, 3.05) is 33.4 Å². The first-order chi connectivity index (χ1) is 16.1. The minimum atomic E-state index is -0.521. The molecule has 7 nitrogen and oxygen atoms in total. The Morgan fingerprint density at radius 3 is 2.79 bits per heavy atom. The van der Waals surface area contributed by atoms with Crippen LogP contribution in [0.4, 0.5) is 4.39 Å². The predicted octanol–water partition coefficient (Wildman–Crippen LogP) is 3.85. The molecular formula is C25H26FN3O4. The van der Waals surface area contributed by atoms with Gasteiger partial charge in [-0.15, -0.1) is 0 Å². The highest BCUT2D eigenvalue weighted by molar-refractivity contribution is 5.95. The quantitative estimate of drug-likeness (QED) is 0.587. The van der Waals surface area contributed by atoms with Gasteiger partial charge in [0, 0.05) is 55.4 Å². The number of methoxy groups -OCH3 is 1. The summed E-state index contributed by atoms with van der Waals surface area (Å²) < 4.78 is 30.8. The first-order valence-corrected chi connectivity index (χ1v) is 11.2. The van der Waals surface area contributed by atoms with Crippen molar-refractivity contribution in [1.29, 1.82) is 0 Å². The number of hydrogen-bond acceptors (Lipinski definition) is 6. The normalized spacial score (nSPS) is 19.1. The Morgan fingerprint density at radius 2 is 2.00 bits per heavy atom. The number of ether oxygens (including phenoxy) is 3. The van der Waals surface area contributed by atoms with E-state index in [2.05, 4.69) is 9.97 Å². The van der Waals surface area contributed by atoms with Crippen molar-refractivity contribution in [1.82, 2.24) is 14.9 Å². The van der Waals surface area contributed by atoms with Crippen LogP contribution in [0.3, 0.4) is 0 Å². The molecule has 4 heterocycles. The van der Waals surface area contributed by atoms with E-state index >= 15 is 0 Å². The minimum absolute atomic E-state index is 0.0396. The van der Waals surface area contributed by atoms with Crippen LogP contribution < -0.4 is 9.47 Å². The Morgan fingerprint density at radius 1 is 1.15 bits per heavy atom.